The van der Waals surface area contributed by atoms with Gasteiger partial charge in [0.05, 0.1) is 42.8 Å². The fourth-order valence-electron chi connectivity index (χ4n) is 6.92. The van der Waals surface area contributed by atoms with Crippen molar-refractivity contribution in [2.45, 2.75) is 56.9 Å². The van der Waals surface area contributed by atoms with Gasteiger partial charge in [0.25, 0.3) is 5.54 Å². The average molecular weight is 645 g/mol. The number of ether oxygens (including phenoxy) is 2. The van der Waals surface area contributed by atoms with E-state index in [4.69, 9.17) is 15.2 Å². The van der Waals surface area contributed by atoms with Crippen molar-refractivity contribution in [2.75, 3.05) is 27.3 Å². The lowest BCUT2D eigenvalue weighted by molar-refractivity contribution is -0.196. The molecular weight excluding hydrogens is 608 g/mol. The highest BCUT2D eigenvalue weighted by Crippen LogP contribution is 2.55. The molecular formula is C30H36N4O12. The Morgan fingerprint density at radius 2 is 1.61 bits per heavy atom. The number of phenolic OH excluding ortho intramolecular Hbond substituents is 1. The van der Waals surface area contributed by atoms with Gasteiger partial charge in [0.1, 0.15) is 5.69 Å². The Kier molecular flexibility index (Phi) is 9.05. The Hall–Kier alpha value is -4.41. The lowest BCUT2D eigenvalue weighted by Crippen LogP contribution is -2.77. The maximum atomic E-state index is 14.1. The number of hydrogen-bond acceptors (Lipinski definition) is 15. The van der Waals surface area contributed by atoms with Crippen LogP contribution in [0, 0.1) is 23.7 Å². The average Bonchev–Trinajstić information content (AvgIpc) is 2.98. The summed E-state index contributed by atoms with van der Waals surface area (Å²) in [6, 6.07) is 1.11. The second kappa shape index (κ2) is 12.1. The smallest absolute Gasteiger partial charge is 0.347 e. The molecule has 1 amide bonds. The number of ketones is 4. The fourth-order valence-corrected chi connectivity index (χ4v) is 6.92. The first-order valence-corrected chi connectivity index (χ1v) is 14.6. The molecule has 0 spiro atoms. The van der Waals surface area contributed by atoms with Crippen molar-refractivity contribution in [2.24, 2.45) is 39.6 Å². The number of azo groups is 1. The van der Waals surface area contributed by atoms with E-state index in [1.165, 1.54) is 45.0 Å². The number of primary amides is 1. The largest absolute Gasteiger partial charge is 0.505 e. The maximum Gasteiger partial charge on any atom is 0.347 e. The summed E-state index contributed by atoms with van der Waals surface area (Å²) in [5.74, 6) is -17.3. The fraction of sp³-hybridized carbons (Fsp3) is 0.567. The third-order valence-corrected chi connectivity index (χ3v) is 9.17. The molecule has 2 unspecified atom stereocenters. The zero-order valence-electron chi connectivity index (χ0n) is 26.0. The Bertz CT molecular complexity index is 1550. The SMILES string of the molecule is CCOC(=O)C(C)(N=Nc1ccc2c(c1O)C(=O)C1C(=O)[C@@]3(O)C(=O)C(C(N)=O)C(=O)[C@@H](N(C)C)[C@H]3[C@H](O)[C@H]1[C@@H]2C)C(=O)OCC. The second-order valence-corrected chi connectivity index (χ2v) is 12.0. The van der Waals surface area contributed by atoms with Crippen LogP contribution in [0.3, 0.4) is 0 Å². The van der Waals surface area contributed by atoms with Gasteiger partial charge in [-0.25, -0.2) is 9.59 Å². The maximum absolute atomic E-state index is 14.1. The molecule has 3 aliphatic carbocycles. The molecule has 1 aromatic carbocycles. The second-order valence-electron chi connectivity index (χ2n) is 12.0. The minimum Gasteiger partial charge on any atom is -0.505 e. The van der Waals surface area contributed by atoms with Crippen LogP contribution in [0.15, 0.2) is 22.4 Å². The number of aliphatic hydroxyl groups excluding tert-OH is 1. The van der Waals surface area contributed by atoms with Gasteiger partial charge >= 0.3 is 11.9 Å². The lowest BCUT2D eigenvalue weighted by Gasteiger charge is -2.56. The van der Waals surface area contributed by atoms with Crippen molar-refractivity contribution in [3.05, 3.63) is 23.3 Å². The lowest BCUT2D eigenvalue weighted by atomic mass is 9.49. The van der Waals surface area contributed by atoms with Gasteiger partial charge in [-0.3, -0.25) is 28.9 Å². The summed E-state index contributed by atoms with van der Waals surface area (Å²) in [4.78, 5) is 93.5. The van der Waals surface area contributed by atoms with Crippen LogP contribution in [0.5, 0.6) is 5.75 Å². The van der Waals surface area contributed by atoms with Crippen molar-refractivity contribution in [1.82, 2.24) is 4.90 Å². The summed E-state index contributed by atoms with van der Waals surface area (Å²) in [7, 11) is 2.79. The Morgan fingerprint density at radius 1 is 1.04 bits per heavy atom. The van der Waals surface area contributed by atoms with E-state index in [9.17, 15) is 48.9 Å². The molecule has 2 fully saturated rings. The van der Waals surface area contributed by atoms with E-state index in [2.05, 4.69) is 10.2 Å². The molecule has 248 valence electrons. The van der Waals surface area contributed by atoms with E-state index in [0.29, 0.717) is 0 Å². The van der Waals surface area contributed by atoms with Crippen LogP contribution < -0.4 is 5.73 Å². The number of rotatable bonds is 8. The number of Topliss-reactive ketones (excluding diaryl/α,β-unsaturated/α-hetero) is 4. The van der Waals surface area contributed by atoms with E-state index in [1.54, 1.807) is 6.92 Å². The van der Waals surface area contributed by atoms with E-state index in [-0.39, 0.29) is 18.8 Å². The molecule has 2 saturated carbocycles. The quantitative estimate of drug-likeness (QED) is 0.156. The zero-order chi connectivity index (χ0) is 34.6. The van der Waals surface area contributed by atoms with Gasteiger partial charge in [-0.05, 0) is 52.4 Å². The van der Waals surface area contributed by atoms with Gasteiger partial charge in [-0.2, -0.15) is 10.2 Å². The van der Waals surface area contributed by atoms with E-state index in [0.717, 1.165) is 6.92 Å². The van der Waals surface area contributed by atoms with Crippen LogP contribution in [-0.2, 0) is 38.2 Å². The van der Waals surface area contributed by atoms with Crippen molar-refractivity contribution in [1.29, 1.82) is 0 Å². The monoisotopic (exact) mass is 644 g/mol. The number of aliphatic hydroxyl groups is 2. The number of benzene rings is 1. The van der Waals surface area contributed by atoms with E-state index in [1.807, 2.05) is 0 Å². The molecule has 4 rings (SSSR count). The first kappa shape index (κ1) is 34.5. The molecule has 0 saturated heterocycles. The van der Waals surface area contributed by atoms with Gasteiger partial charge in [-0.15, -0.1) is 0 Å². The number of esters is 2. The number of aromatic hydroxyl groups is 1. The van der Waals surface area contributed by atoms with Gasteiger partial charge in [-0.1, -0.05) is 13.0 Å². The van der Waals surface area contributed by atoms with E-state index >= 15 is 0 Å². The highest BCUT2D eigenvalue weighted by atomic mass is 16.6. The van der Waals surface area contributed by atoms with Crippen LogP contribution in [0.2, 0.25) is 0 Å². The third kappa shape index (κ3) is 4.82. The zero-order valence-corrected chi connectivity index (χ0v) is 26.0. The number of nitrogens with two attached hydrogens (primary N) is 1. The summed E-state index contributed by atoms with van der Waals surface area (Å²) in [5, 5.41) is 42.3. The van der Waals surface area contributed by atoms with Crippen molar-refractivity contribution in [3.63, 3.8) is 0 Å². The number of nitrogens with zero attached hydrogens (tertiary/aromatic N) is 3. The molecule has 0 bridgehead atoms. The summed E-state index contributed by atoms with van der Waals surface area (Å²) >= 11 is 0. The first-order valence-electron chi connectivity index (χ1n) is 14.6. The van der Waals surface area contributed by atoms with Crippen molar-refractivity contribution in [3.8, 4) is 5.75 Å². The minimum absolute atomic E-state index is 0.0956. The number of amides is 1. The summed E-state index contributed by atoms with van der Waals surface area (Å²) < 4.78 is 9.87. The third-order valence-electron chi connectivity index (χ3n) is 9.17. The molecule has 0 aromatic heterocycles. The predicted octanol–water partition coefficient (Wildman–Crippen LogP) is -0.633. The highest BCUT2D eigenvalue weighted by Gasteiger charge is 2.73. The van der Waals surface area contributed by atoms with Crippen LogP contribution in [0.1, 0.15) is 49.5 Å². The standard InChI is InChI=1S/C30H36N4O12/c1-7-45-27(42)29(4,28(43)46-8-2)33-32-13-10-9-12-11(3)14-16(21(36)15(12)20(13)35)24(39)30(44)18(22(14)37)19(34(5)6)23(38)17(25(30)40)26(31)41/h9-11,14,16-19,22,35,37,44H,7-8H2,1-6H3,(H2,31,41)/t11-,14+,16?,17?,18+,19+,22-,30-/m1/s1. The summed E-state index contributed by atoms with van der Waals surface area (Å²) in [6.07, 6.45) is -1.79. The number of hydrogen-bond donors (Lipinski definition) is 4. The molecule has 1 aromatic rings. The number of carbonyl (C=O) groups excluding carboxylic acids is 7. The number of carbonyl (C=O) groups is 7. The molecule has 3 aliphatic rings. The first-order chi connectivity index (χ1) is 21.4. The Labute approximate surface area is 262 Å². The topological polar surface area (TPSA) is 253 Å². The van der Waals surface area contributed by atoms with Crippen molar-refractivity contribution < 1.29 is 58.4 Å². The van der Waals surface area contributed by atoms with Crippen LogP contribution >= 0.6 is 0 Å². The Balaban J connectivity index is 1.85. The normalized spacial score (nSPS) is 30.9. The van der Waals surface area contributed by atoms with E-state index < -0.39 is 111 Å². The molecule has 8 atom stereocenters. The van der Waals surface area contributed by atoms with Crippen LogP contribution in [0.25, 0.3) is 0 Å². The van der Waals surface area contributed by atoms with Gasteiger partial charge in [0, 0.05) is 5.92 Å². The number of likely N-dealkylation sites (N-methyl/N-ethyl adjacent to an activating group) is 1. The Morgan fingerprint density at radius 3 is 2.11 bits per heavy atom. The van der Waals surface area contributed by atoms with Gasteiger partial charge in [0.15, 0.2) is 40.4 Å². The minimum atomic E-state index is -3.15. The molecule has 5 N–H and O–H groups in total. The number of phenols is 1. The molecule has 16 nitrogen and oxygen atoms in total. The molecule has 0 radical (unpaired) electrons. The van der Waals surface area contributed by atoms with Crippen LogP contribution in [-0.4, -0.2) is 112 Å². The highest BCUT2D eigenvalue weighted by molar-refractivity contribution is 6.32. The van der Waals surface area contributed by atoms with Gasteiger partial charge in [0.2, 0.25) is 5.91 Å². The molecule has 0 heterocycles. The molecule has 0 aliphatic heterocycles. The summed E-state index contributed by atoms with van der Waals surface area (Å²) in [5.41, 5.74) is -0.762. The van der Waals surface area contributed by atoms with Gasteiger partial charge < -0.3 is 30.5 Å². The summed E-state index contributed by atoms with van der Waals surface area (Å²) in [6.45, 7) is 5.46. The number of fused-ring (bicyclic) bond motifs is 3. The van der Waals surface area contributed by atoms with Crippen molar-refractivity contribution >= 4 is 46.7 Å². The molecule has 16 heteroatoms. The predicted molar refractivity (Wildman–Crippen MR) is 154 cm³/mol. The molecule has 46 heavy (non-hydrogen) atoms. The van der Waals surface area contributed by atoms with Crippen LogP contribution in [0.4, 0.5) is 5.69 Å².